The normalized spacial score (nSPS) is 13.7. The van der Waals surface area contributed by atoms with Crippen LogP contribution in [0.2, 0.25) is 5.02 Å². The van der Waals surface area contributed by atoms with Crippen molar-refractivity contribution in [1.82, 2.24) is 14.9 Å². The fourth-order valence-corrected chi connectivity index (χ4v) is 5.54. The number of hydrogen-bond acceptors (Lipinski definition) is 5. The van der Waals surface area contributed by atoms with Gasteiger partial charge in [0.25, 0.3) is 11.5 Å². The van der Waals surface area contributed by atoms with Crippen molar-refractivity contribution >= 4 is 40.2 Å². The molecule has 1 aromatic heterocycles. The number of carbonyl (C=O) groups excluding carboxylic acids is 1. The van der Waals surface area contributed by atoms with E-state index in [0.29, 0.717) is 43.8 Å². The second kappa shape index (κ2) is 10.8. The number of halogens is 1. The third kappa shape index (κ3) is 5.27. The van der Waals surface area contributed by atoms with Crippen LogP contribution in [-0.4, -0.2) is 28.6 Å². The van der Waals surface area contributed by atoms with Gasteiger partial charge < -0.3 is 10.1 Å². The minimum atomic E-state index is -0.199. The number of carbonyl (C=O) groups is 1. The number of fused-ring (bicyclic) bond motifs is 1. The Kier molecular flexibility index (Phi) is 7.30. The van der Waals surface area contributed by atoms with Gasteiger partial charge in [-0.1, -0.05) is 54.4 Å². The molecule has 0 unspecified atom stereocenters. The maximum Gasteiger partial charge on any atom is 0.266 e. The number of methoxy groups -OCH3 is 1. The number of nitrogens with one attached hydrogen (secondary N) is 1. The number of hydrogen-bond donors (Lipinski definition) is 1. The van der Waals surface area contributed by atoms with Gasteiger partial charge in [-0.05, 0) is 60.9 Å². The van der Waals surface area contributed by atoms with Gasteiger partial charge >= 0.3 is 0 Å². The molecule has 0 bridgehead atoms. The molecule has 184 valence electrons. The van der Waals surface area contributed by atoms with Gasteiger partial charge in [0.15, 0.2) is 5.16 Å². The molecule has 1 N–H and O–H groups in total. The van der Waals surface area contributed by atoms with E-state index in [4.69, 9.17) is 21.3 Å². The monoisotopic (exact) mass is 519 g/mol. The topological polar surface area (TPSA) is 73.2 Å². The molecule has 5 rings (SSSR count). The zero-order valence-electron chi connectivity index (χ0n) is 19.9. The fourth-order valence-electron chi connectivity index (χ4n) is 4.45. The maximum atomic E-state index is 13.7. The summed E-state index contributed by atoms with van der Waals surface area (Å²) < 4.78 is 6.98. The molecule has 8 heteroatoms. The SMILES string of the molecule is COc1cccc(-n2c(SCc3ccc(Cl)cc3)nc3cc(C(=O)NC4CCCC4)ccc3c2=O)c1. The summed E-state index contributed by atoms with van der Waals surface area (Å²) in [7, 11) is 1.59. The van der Waals surface area contributed by atoms with Crippen LogP contribution in [0.5, 0.6) is 5.75 Å². The molecule has 0 saturated heterocycles. The molecule has 1 aliphatic carbocycles. The Morgan fingerprint density at radius 1 is 1.11 bits per heavy atom. The van der Waals surface area contributed by atoms with E-state index in [9.17, 15) is 9.59 Å². The van der Waals surface area contributed by atoms with Crippen molar-refractivity contribution in [1.29, 1.82) is 0 Å². The van der Waals surface area contributed by atoms with Crippen LogP contribution in [0.4, 0.5) is 0 Å². The van der Waals surface area contributed by atoms with Crippen LogP contribution in [0.15, 0.2) is 76.7 Å². The maximum absolute atomic E-state index is 13.7. The van der Waals surface area contributed by atoms with E-state index in [0.717, 1.165) is 31.2 Å². The van der Waals surface area contributed by atoms with Crippen molar-refractivity contribution in [3.63, 3.8) is 0 Å². The minimum absolute atomic E-state index is 0.127. The minimum Gasteiger partial charge on any atom is -0.497 e. The van der Waals surface area contributed by atoms with E-state index in [1.165, 1.54) is 11.8 Å². The molecule has 0 radical (unpaired) electrons. The summed E-state index contributed by atoms with van der Waals surface area (Å²) in [6.45, 7) is 0. The number of ether oxygens (including phenoxy) is 1. The molecule has 1 fully saturated rings. The van der Waals surface area contributed by atoms with E-state index in [1.807, 2.05) is 48.5 Å². The molecule has 3 aromatic carbocycles. The lowest BCUT2D eigenvalue weighted by molar-refractivity contribution is 0.0938. The Hall–Kier alpha value is -3.29. The van der Waals surface area contributed by atoms with E-state index >= 15 is 0 Å². The zero-order chi connectivity index (χ0) is 25.1. The van der Waals surface area contributed by atoms with Crippen molar-refractivity contribution < 1.29 is 9.53 Å². The highest BCUT2D eigenvalue weighted by Gasteiger charge is 2.20. The summed E-state index contributed by atoms with van der Waals surface area (Å²) in [4.78, 5) is 31.4. The summed E-state index contributed by atoms with van der Waals surface area (Å²) in [6.07, 6.45) is 4.30. The van der Waals surface area contributed by atoms with Crippen molar-refractivity contribution in [2.24, 2.45) is 0 Å². The first kappa shape index (κ1) is 24.4. The third-order valence-corrected chi connectivity index (χ3v) is 7.65. The highest BCUT2D eigenvalue weighted by atomic mass is 35.5. The lowest BCUT2D eigenvalue weighted by Crippen LogP contribution is -2.32. The lowest BCUT2D eigenvalue weighted by Gasteiger charge is -2.15. The van der Waals surface area contributed by atoms with Crippen molar-refractivity contribution in [2.75, 3.05) is 7.11 Å². The molecule has 1 amide bonds. The number of amides is 1. The van der Waals surface area contributed by atoms with E-state index in [1.54, 1.807) is 29.9 Å². The molecule has 0 spiro atoms. The van der Waals surface area contributed by atoms with Gasteiger partial charge in [-0.2, -0.15) is 0 Å². The van der Waals surface area contributed by atoms with Crippen LogP contribution < -0.4 is 15.6 Å². The van der Waals surface area contributed by atoms with Crippen molar-refractivity contribution in [2.45, 2.75) is 42.6 Å². The van der Waals surface area contributed by atoms with Crippen LogP contribution in [0.3, 0.4) is 0 Å². The van der Waals surface area contributed by atoms with Gasteiger partial charge in [-0.15, -0.1) is 0 Å². The summed E-state index contributed by atoms with van der Waals surface area (Å²) in [5, 5.41) is 4.76. The van der Waals surface area contributed by atoms with Gasteiger partial charge in [0.05, 0.1) is 23.7 Å². The van der Waals surface area contributed by atoms with Crippen molar-refractivity contribution in [3.8, 4) is 11.4 Å². The smallest absolute Gasteiger partial charge is 0.266 e. The predicted molar refractivity (Wildman–Crippen MR) is 145 cm³/mol. The van der Waals surface area contributed by atoms with E-state index in [2.05, 4.69) is 5.32 Å². The molecule has 4 aromatic rings. The van der Waals surface area contributed by atoms with E-state index in [-0.39, 0.29) is 17.5 Å². The average molecular weight is 520 g/mol. The molecule has 1 heterocycles. The molecule has 36 heavy (non-hydrogen) atoms. The number of aromatic nitrogens is 2. The Morgan fingerprint density at radius 2 is 1.89 bits per heavy atom. The quantitative estimate of drug-likeness (QED) is 0.239. The van der Waals surface area contributed by atoms with Gasteiger partial charge in [-0.3, -0.25) is 14.2 Å². The first-order valence-corrected chi connectivity index (χ1v) is 13.3. The molecule has 0 atom stereocenters. The Morgan fingerprint density at radius 3 is 2.64 bits per heavy atom. The van der Waals surface area contributed by atoms with Crippen LogP contribution in [-0.2, 0) is 5.75 Å². The van der Waals surface area contributed by atoms with Crippen LogP contribution in [0.25, 0.3) is 16.6 Å². The first-order valence-electron chi connectivity index (χ1n) is 11.9. The summed E-state index contributed by atoms with van der Waals surface area (Å²) in [5.74, 6) is 1.12. The summed E-state index contributed by atoms with van der Waals surface area (Å²) >= 11 is 7.48. The zero-order valence-corrected chi connectivity index (χ0v) is 21.4. The van der Waals surface area contributed by atoms with Gasteiger partial charge in [-0.25, -0.2) is 4.98 Å². The average Bonchev–Trinajstić information content (AvgIpc) is 3.41. The second-order valence-corrected chi connectivity index (χ2v) is 10.2. The first-order chi connectivity index (χ1) is 17.5. The number of thioether (sulfide) groups is 1. The second-order valence-electron chi connectivity index (χ2n) is 8.84. The predicted octanol–water partition coefficient (Wildman–Crippen LogP) is 6.01. The van der Waals surface area contributed by atoms with E-state index < -0.39 is 0 Å². The van der Waals surface area contributed by atoms with Crippen LogP contribution in [0.1, 0.15) is 41.6 Å². The Balaban J connectivity index is 1.56. The van der Waals surface area contributed by atoms with Gasteiger partial charge in [0.2, 0.25) is 0 Å². The van der Waals surface area contributed by atoms with Crippen molar-refractivity contribution in [3.05, 3.63) is 93.2 Å². The number of nitrogens with zero attached hydrogens (tertiary/aromatic N) is 2. The molecule has 6 nitrogen and oxygen atoms in total. The number of rotatable bonds is 7. The fraction of sp³-hybridized carbons (Fsp3) is 0.250. The molecule has 1 saturated carbocycles. The molecule has 0 aliphatic heterocycles. The van der Waals surface area contributed by atoms with Gasteiger partial charge in [0, 0.05) is 28.4 Å². The van der Waals surface area contributed by atoms with Gasteiger partial charge in [0.1, 0.15) is 5.75 Å². The standard InChI is InChI=1S/C28H26ClN3O3S/c1-35-23-8-4-7-22(16-23)32-27(34)24-14-11-19(26(33)30-21-5-2-3-6-21)15-25(24)31-28(32)36-17-18-9-12-20(29)13-10-18/h4,7-16,21H,2-3,5-6,17H2,1H3,(H,30,33). The molecular weight excluding hydrogens is 494 g/mol. The van der Waals surface area contributed by atoms with Crippen LogP contribution >= 0.6 is 23.4 Å². The Bertz CT molecular complexity index is 1460. The summed E-state index contributed by atoms with van der Waals surface area (Å²) in [6, 6.07) is 20.3. The summed E-state index contributed by atoms with van der Waals surface area (Å²) in [5.41, 5.74) is 2.52. The highest BCUT2D eigenvalue weighted by molar-refractivity contribution is 7.98. The third-order valence-electron chi connectivity index (χ3n) is 6.38. The molecule has 1 aliphatic rings. The molecular formula is C28H26ClN3O3S. The Labute approximate surface area is 218 Å². The highest BCUT2D eigenvalue weighted by Crippen LogP contribution is 2.27. The largest absolute Gasteiger partial charge is 0.497 e. The van der Waals surface area contributed by atoms with Crippen LogP contribution in [0, 0.1) is 0 Å². The number of benzene rings is 3. The lowest BCUT2D eigenvalue weighted by atomic mass is 10.1.